The molecule has 6 nitrogen and oxygen atoms in total. The zero-order valence-corrected chi connectivity index (χ0v) is 18.2. The second-order valence-electron chi connectivity index (χ2n) is 7.83. The normalized spacial score (nSPS) is 17.2. The first kappa shape index (κ1) is 21.3. The van der Waals surface area contributed by atoms with Gasteiger partial charge in [-0.25, -0.2) is 4.79 Å². The van der Waals surface area contributed by atoms with Crippen LogP contribution >= 0.6 is 11.3 Å². The molecular formula is C22H28N2O4S. The lowest BCUT2D eigenvalue weighted by molar-refractivity contribution is -0.133. The fourth-order valence-electron chi connectivity index (χ4n) is 3.75. The van der Waals surface area contributed by atoms with E-state index in [1.54, 1.807) is 0 Å². The predicted octanol–water partition coefficient (Wildman–Crippen LogP) is 4.87. The molecule has 1 heterocycles. The Morgan fingerprint density at radius 3 is 2.34 bits per heavy atom. The number of nitrogens with one attached hydrogen (secondary N) is 2. The molecule has 0 saturated heterocycles. The Kier molecular flexibility index (Phi) is 6.27. The van der Waals surface area contributed by atoms with Gasteiger partial charge in [0.15, 0.2) is 0 Å². The number of aryl methyl sites for hydroxylation is 1. The Bertz CT molecular complexity index is 935. The van der Waals surface area contributed by atoms with E-state index < -0.39 is 11.9 Å². The Labute approximate surface area is 175 Å². The van der Waals surface area contributed by atoms with Crippen LogP contribution in [-0.2, 0) is 9.59 Å². The summed E-state index contributed by atoms with van der Waals surface area (Å²) in [6, 6.07) is 0. The van der Waals surface area contributed by atoms with Crippen LogP contribution in [0.5, 0.6) is 0 Å². The van der Waals surface area contributed by atoms with E-state index in [0.29, 0.717) is 41.3 Å². The first-order chi connectivity index (χ1) is 13.7. The van der Waals surface area contributed by atoms with E-state index in [2.05, 4.69) is 10.6 Å². The zero-order valence-electron chi connectivity index (χ0n) is 17.4. The summed E-state index contributed by atoms with van der Waals surface area (Å²) < 4.78 is 0. The number of allylic oxidation sites excluding steroid dienone is 2. The van der Waals surface area contributed by atoms with Crippen molar-refractivity contribution in [2.24, 2.45) is 0 Å². The standard InChI is InChI=1S/C22H28N2O4S/c1-5-11(2)12(3)23-20(26)18-17(14-9-10-14)13(4)29-21(18)24-19(25)15-7-6-8-16(15)22(27)28/h14H,5-10H2,1-4H3,(H,23,26)(H,24,25)(H,27,28)/b12-11+. The maximum Gasteiger partial charge on any atom is 0.332 e. The number of carboxylic acids is 1. The van der Waals surface area contributed by atoms with Crippen molar-refractivity contribution < 1.29 is 19.5 Å². The predicted molar refractivity (Wildman–Crippen MR) is 114 cm³/mol. The molecule has 2 amide bonds. The van der Waals surface area contributed by atoms with Crippen molar-refractivity contribution in [2.75, 3.05) is 5.32 Å². The number of amides is 2. The van der Waals surface area contributed by atoms with Crippen LogP contribution in [0.3, 0.4) is 0 Å². The Hall–Kier alpha value is -2.41. The first-order valence-electron chi connectivity index (χ1n) is 10.1. The number of aliphatic carboxylic acids is 1. The molecule has 1 aromatic rings. The largest absolute Gasteiger partial charge is 0.478 e. The van der Waals surface area contributed by atoms with Gasteiger partial charge in [0.25, 0.3) is 11.8 Å². The molecule has 0 radical (unpaired) electrons. The fraction of sp³-hybridized carbons (Fsp3) is 0.500. The van der Waals surface area contributed by atoms with E-state index in [-0.39, 0.29) is 11.5 Å². The number of rotatable bonds is 7. The van der Waals surface area contributed by atoms with Crippen LogP contribution in [0.1, 0.15) is 86.0 Å². The van der Waals surface area contributed by atoms with Gasteiger partial charge in [-0.2, -0.15) is 0 Å². The highest BCUT2D eigenvalue weighted by molar-refractivity contribution is 7.16. The van der Waals surface area contributed by atoms with E-state index in [0.717, 1.165) is 41.0 Å². The van der Waals surface area contributed by atoms with Crippen LogP contribution < -0.4 is 10.6 Å². The summed E-state index contributed by atoms with van der Waals surface area (Å²) in [5, 5.41) is 15.7. The second-order valence-corrected chi connectivity index (χ2v) is 9.06. The molecule has 156 valence electrons. The van der Waals surface area contributed by atoms with Gasteiger partial charge in [0, 0.05) is 21.7 Å². The van der Waals surface area contributed by atoms with Crippen molar-refractivity contribution in [1.82, 2.24) is 5.32 Å². The Morgan fingerprint density at radius 2 is 1.76 bits per heavy atom. The van der Waals surface area contributed by atoms with Gasteiger partial charge in [-0.05, 0) is 70.8 Å². The maximum absolute atomic E-state index is 13.1. The summed E-state index contributed by atoms with van der Waals surface area (Å²) in [6.07, 6.45) is 4.45. The lowest BCUT2D eigenvalue weighted by atomic mass is 10.0. The van der Waals surface area contributed by atoms with Crippen LogP contribution in [0.15, 0.2) is 22.4 Å². The van der Waals surface area contributed by atoms with Gasteiger partial charge in [-0.1, -0.05) is 12.5 Å². The van der Waals surface area contributed by atoms with E-state index in [9.17, 15) is 19.5 Å². The molecule has 7 heteroatoms. The molecule has 2 aliphatic carbocycles. The van der Waals surface area contributed by atoms with Gasteiger partial charge in [-0.3, -0.25) is 9.59 Å². The minimum absolute atomic E-state index is 0.182. The molecule has 2 aliphatic rings. The second kappa shape index (κ2) is 8.53. The van der Waals surface area contributed by atoms with Crippen molar-refractivity contribution >= 4 is 34.1 Å². The third-order valence-electron chi connectivity index (χ3n) is 5.79. The fourth-order valence-corrected chi connectivity index (χ4v) is 4.88. The van der Waals surface area contributed by atoms with Crippen molar-refractivity contribution in [3.8, 4) is 0 Å². The first-order valence-corrected chi connectivity index (χ1v) is 10.9. The SMILES string of the molecule is CC/C(C)=C(\C)NC(=O)c1c(NC(=O)C2=C(C(=O)O)CCC2)sc(C)c1C1CC1. The number of thiophene rings is 1. The molecule has 0 aromatic carbocycles. The maximum atomic E-state index is 13.1. The van der Waals surface area contributed by atoms with Crippen molar-refractivity contribution in [2.45, 2.75) is 72.1 Å². The van der Waals surface area contributed by atoms with Gasteiger partial charge < -0.3 is 15.7 Å². The van der Waals surface area contributed by atoms with E-state index in [4.69, 9.17) is 0 Å². The third-order valence-corrected chi connectivity index (χ3v) is 6.83. The Balaban J connectivity index is 1.94. The molecule has 3 N–H and O–H groups in total. The van der Waals surface area contributed by atoms with E-state index in [1.807, 2.05) is 27.7 Å². The summed E-state index contributed by atoms with van der Waals surface area (Å²) >= 11 is 1.40. The highest BCUT2D eigenvalue weighted by atomic mass is 32.1. The number of hydrogen-bond acceptors (Lipinski definition) is 4. The van der Waals surface area contributed by atoms with Crippen LogP contribution in [0.25, 0.3) is 0 Å². The number of anilines is 1. The van der Waals surface area contributed by atoms with Crippen molar-refractivity contribution in [3.63, 3.8) is 0 Å². The number of carbonyl (C=O) groups is 3. The summed E-state index contributed by atoms with van der Waals surface area (Å²) in [6.45, 7) is 7.88. The number of carbonyl (C=O) groups excluding carboxylic acids is 2. The molecular weight excluding hydrogens is 388 g/mol. The molecule has 1 saturated carbocycles. The van der Waals surface area contributed by atoms with Crippen LogP contribution in [0.2, 0.25) is 0 Å². The average Bonchev–Trinajstić information content (AvgIpc) is 3.26. The van der Waals surface area contributed by atoms with Crippen LogP contribution in [0, 0.1) is 6.92 Å². The topological polar surface area (TPSA) is 95.5 Å². The van der Waals surface area contributed by atoms with Crippen molar-refractivity contribution in [1.29, 1.82) is 0 Å². The van der Waals surface area contributed by atoms with Crippen LogP contribution in [-0.4, -0.2) is 22.9 Å². The highest BCUT2D eigenvalue weighted by Gasteiger charge is 2.35. The number of hydrogen-bond donors (Lipinski definition) is 3. The van der Waals surface area contributed by atoms with Crippen LogP contribution in [0.4, 0.5) is 5.00 Å². The van der Waals surface area contributed by atoms with Gasteiger partial charge in [-0.15, -0.1) is 11.3 Å². The monoisotopic (exact) mass is 416 g/mol. The lowest BCUT2D eigenvalue weighted by Gasteiger charge is -2.12. The van der Waals surface area contributed by atoms with E-state index >= 15 is 0 Å². The van der Waals surface area contributed by atoms with E-state index in [1.165, 1.54) is 11.3 Å². The van der Waals surface area contributed by atoms with Gasteiger partial charge in [0.1, 0.15) is 5.00 Å². The smallest absolute Gasteiger partial charge is 0.332 e. The quantitative estimate of drug-likeness (QED) is 0.591. The molecule has 0 spiro atoms. The molecule has 0 atom stereocenters. The van der Waals surface area contributed by atoms with Gasteiger partial charge in [0.05, 0.1) is 5.56 Å². The lowest BCUT2D eigenvalue weighted by Crippen LogP contribution is -2.25. The van der Waals surface area contributed by atoms with Gasteiger partial charge >= 0.3 is 5.97 Å². The zero-order chi connectivity index (χ0) is 21.3. The summed E-state index contributed by atoms with van der Waals surface area (Å²) in [7, 11) is 0. The Morgan fingerprint density at radius 1 is 1.10 bits per heavy atom. The molecule has 0 aliphatic heterocycles. The number of carboxylic acid groups (broad SMARTS) is 1. The average molecular weight is 417 g/mol. The summed E-state index contributed by atoms with van der Waals surface area (Å²) in [5.74, 6) is -1.30. The molecule has 0 bridgehead atoms. The molecule has 1 aromatic heterocycles. The third kappa shape index (κ3) is 4.45. The minimum atomic E-state index is -1.04. The molecule has 1 fully saturated rings. The summed E-state index contributed by atoms with van der Waals surface area (Å²) in [4.78, 5) is 38.4. The molecule has 0 unspecified atom stereocenters. The van der Waals surface area contributed by atoms with Crippen molar-refractivity contribution in [3.05, 3.63) is 38.4 Å². The molecule has 3 rings (SSSR count). The highest BCUT2D eigenvalue weighted by Crippen LogP contribution is 2.48. The van der Waals surface area contributed by atoms with Gasteiger partial charge in [0.2, 0.25) is 0 Å². The summed E-state index contributed by atoms with van der Waals surface area (Å²) in [5.41, 5.74) is 3.98. The minimum Gasteiger partial charge on any atom is -0.478 e. The molecule has 29 heavy (non-hydrogen) atoms.